The molecule has 1 rings (SSSR count). The van der Waals surface area contributed by atoms with Crippen LogP contribution in [0.1, 0.15) is 0 Å². The van der Waals surface area contributed by atoms with Gasteiger partial charge in [-0.15, -0.1) is 0 Å². The van der Waals surface area contributed by atoms with Gasteiger partial charge in [-0.05, 0) is 12.1 Å². The van der Waals surface area contributed by atoms with Crippen molar-refractivity contribution in [3.05, 3.63) is 21.6 Å². The molecule has 0 saturated heterocycles. The molecule has 118 valence electrons. The fraction of sp³-hybridized carbons (Fsp3) is 0.364. The van der Waals surface area contributed by atoms with Gasteiger partial charge in [-0.2, -0.15) is 0 Å². The van der Waals surface area contributed by atoms with Gasteiger partial charge in [0, 0.05) is 28.8 Å². The van der Waals surface area contributed by atoms with E-state index in [2.05, 4.69) is 21.2 Å². The van der Waals surface area contributed by atoms with Crippen LogP contribution in [0.3, 0.4) is 0 Å². The third-order valence-corrected chi connectivity index (χ3v) is 4.28. The summed E-state index contributed by atoms with van der Waals surface area (Å²) in [6, 6.07) is 2.68. The van der Waals surface area contributed by atoms with Gasteiger partial charge in [-0.3, -0.25) is 4.79 Å². The van der Waals surface area contributed by atoms with Gasteiger partial charge >= 0.3 is 0 Å². The molecule has 21 heavy (non-hydrogen) atoms. The number of hydrogen-bond acceptors (Lipinski definition) is 5. The van der Waals surface area contributed by atoms with Crippen molar-refractivity contribution in [1.29, 1.82) is 0 Å². The van der Waals surface area contributed by atoms with Crippen molar-refractivity contribution in [2.75, 3.05) is 26.9 Å². The molecule has 0 spiro atoms. The molecule has 0 bridgehead atoms. The van der Waals surface area contributed by atoms with E-state index in [-0.39, 0.29) is 15.7 Å². The van der Waals surface area contributed by atoms with E-state index in [4.69, 9.17) is 31.8 Å². The SMILES string of the molecule is COCCNC(=O)COc1c(Cl)cc(Br)cc1S(=O)(=O)Cl. The molecule has 0 aliphatic heterocycles. The number of amides is 1. The predicted molar refractivity (Wildman–Crippen MR) is 82.6 cm³/mol. The van der Waals surface area contributed by atoms with E-state index in [9.17, 15) is 13.2 Å². The molecule has 0 aliphatic carbocycles. The minimum Gasteiger partial charge on any atom is -0.481 e. The molecule has 0 saturated carbocycles. The summed E-state index contributed by atoms with van der Waals surface area (Å²) in [7, 11) is 2.76. The lowest BCUT2D eigenvalue weighted by Crippen LogP contribution is -2.31. The Balaban J connectivity index is 2.86. The number of benzene rings is 1. The molecular formula is C11H12BrCl2NO5S. The zero-order chi connectivity index (χ0) is 16.0. The van der Waals surface area contributed by atoms with E-state index in [1.54, 1.807) is 0 Å². The second-order valence-electron chi connectivity index (χ2n) is 3.78. The van der Waals surface area contributed by atoms with Crippen LogP contribution in [0.15, 0.2) is 21.5 Å². The standard InChI is InChI=1S/C11H12BrCl2NO5S/c1-19-3-2-15-10(16)6-20-11-8(13)4-7(12)5-9(11)21(14,17)18/h4-5H,2-3,6H2,1H3,(H,15,16). The Kier molecular flexibility index (Phi) is 7.22. The van der Waals surface area contributed by atoms with Gasteiger partial charge in [-0.25, -0.2) is 8.42 Å². The van der Waals surface area contributed by atoms with E-state index in [0.717, 1.165) is 0 Å². The summed E-state index contributed by atoms with van der Waals surface area (Å²) in [5, 5.41) is 2.54. The molecule has 0 radical (unpaired) electrons. The lowest BCUT2D eigenvalue weighted by Gasteiger charge is -2.12. The first-order chi connectivity index (χ1) is 9.75. The Bertz CT molecular complexity index is 623. The Hall–Kier alpha value is -0.540. The van der Waals surface area contributed by atoms with Crippen LogP contribution in [-0.2, 0) is 18.6 Å². The molecule has 10 heteroatoms. The van der Waals surface area contributed by atoms with E-state index in [1.165, 1.54) is 19.2 Å². The summed E-state index contributed by atoms with van der Waals surface area (Å²) in [5.74, 6) is -0.610. The molecule has 1 aromatic rings. The van der Waals surface area contributed by atoms with Crippen molar-refractivity contribution in [2.24, 2.45) is 0 Å². The van der Waals surface area contributed by atoms with Gasteiger partial charge < -0.3 is 14.8 Å². The molecule has 1 aromatic carbocycles. The van der Waals surface area contributed by atoms with Gasteiger partial charge in [0.2, 0.25) is 0 Å². The number of ether oxygens (including phenoxy) is 2. The van der Waals surface area contributed by atoms with E-state index in [1.807, 2.05) is 0 Å². The van der Waals surface area contributed by atoms with Crippen molar-refractivity contribution < 1.29 is 22.7 Å². The summed E-state index contributed by atoms with van der Waals surface area (Å²) in [6.07, 6.45) is 0. The Labute approximate surface area is 140 Å². The topological polar surface area (TPSA) is 81.7 Å². The number of halogens is 3. The normalized spacial score (nSPS) is 11.2. The highest BCUT2D eigenvalue weighted by atomic mass is 79.9. The number of methoxy groups -OCH3 is 1. The highest BCUT2D eigenvalue weighted by molar-refractivity contribution is 9.10. The quantitative estimate of drug-likeness (QED) is 0.540. The van der Waals surface area contributed by atoms with Gasteiger partial charge in [0.1, 0.15) is 4.90 Å². The molecule has 0 fully saturated rings. The van der Waals surface area contributed by atoms with Gasteiger partial charge in [0.15, 0.2) is 12.4 Å². The number of nitrogens with one attached hydrogen (secondary N) is 1. The summed E-state index contributed by atoms with van der Waals surface area (Å²) in [6.45, 7) is 0.268. The summed E-state index contributed by atoms with van der Waals surface area (Å²) in [4.78, 5) is 11.2. The molecule has 0 unspecified atom stereocenters. The second kappa shape index (κ2) is 8.19. The predicted octanol–water partition coefficient (Wildman–Crippen LogP) is 2.17. The highest BCUT2D eigenvalue weighted by Gasteiger charge is 2.21. The molecule has 0 atom stereocenters. The lowest BCUT2D eigenvalue weighted by atomic mass is 10.3. The number of carbonyl (C=O) groups is 1. The van der Waals surface area contributed by atoms with Crippen LogP contribution in [0, 0.1) is 0 Å². The van der Waals surface area contributed by atoms with Gasteiger partial charge in [0.25, 0.3) is 15.0 Å². The number of rotatable bonds is 7. The smallest absolute Gasteiger partial charge is 0.265 e. The van der Waals surface area contributed by atoms with Gasteiger partial charge in [-0.1, -0.05) is 27.5 Å². The van der Waals surface area contributed by atoms with Gasteiger partial charge in [0.05, 0.1) is 11.6 Å². The molecule has 0 aliphatic rings. The first-order valence-electron chi connectivity index (χ1n) is 5.58. The van der Waals surface area contributed by atoms with Crippen LogP contribution in [0.5, 0.6) is 5.75 Å². The largest absolute Gasteiger partial charge is 0.481 e. The number of hydrogen-bond donors (Lipinski definition) is 1. The zero-order valence-electron chi connectivity index (χ0n) is 10.9. The van der Waals surface area contributed by atoms with Crippen molar-refractivity contribution in [3.63, 3.8) is 0 Å². The van der Waals surface area contributed by atoms with E-state index >= 15 is 0 Å². The van der Waals surface area contributed by atoms with Crippen LogP contribution < -0.4 is 10.1 Å². The van der Waals surface area contributed by atoms with E-state index in [0.29, 0.717) is 17.6 Å². The number of carbonyl (C=O) groups excluding carboxylic acids is 1. The summed E-state index contributed by atoms with van der Waals surface area (Å²) >= 11 is 9.03. The molecular weight excluding hydrogens is 409 g/mol. The third kappa shape index (κ3) is 5.99. The molecule has 1 N–H and O–H groups in total. The second-order valence-corrected chi connectivity index (χ2v) is 7.64. The minimum atomic E-state index is -4.07. The maximum absolute atomic E-state index is 11.5. The van der Waals surface area contributed by atoms with Crippen molar-refractivity contribution in [3.8, 4) is 5.75 Å². The first kappa shape index (κ1) is 18.5. The maximum atomic E-state index is 11.5. The summed E-state index contributed by atoms with van der Waals surface area (Å²) in [5.41, 5.74) is 0. The zero-order valence-corrected chi connectivity index (χ0v) is 14.8. The highest BCUT2D eigenvalue weighted by Crippen LogP contribution is 2.37. The molecule has 0 heterocycles. The molecule has 6 nitrogen and oxygen atoms in total. The van der Waals surface area contributed by atoms with Crippen LogP contribution >= 0.6 is 38.2 Å². The Morgan fingerprint density at radius 1 is 1.43 bits per heavy atom. The Morgan fingerprint density at radius 2 is 2.10 bits per heavy atom. The van der Waals surface area contributed by atoms with Crippen LogP contribution in [0.2, 0.25) is 5.02 Å². The molecule has 0 aromatic heterocycles. The first-order valence-corrected chi connectivity index (χ1v) is 9.06. The fourth-order valence-corrected chi connectivity index (χ4v) is 3.41. The van der Waals surface area contributed by atoms with Crippen molar-refractivity contribution in [2.45, 2.75) is 4.90 Å². The maximum Gasteiger partial charge on any atom is 0.265 e. The molecule has 1 amide bonds. The third-order valence-electron chi connectivity index (χ3n) is 2.21. The Morgan fingerprint density at radius 3 is 2.67 bits per heavy atom. The fourth-order valence-electron chi connectivity index (χ4n) is 1.34. The summed E-state index contributed by atoms with van der Waals surface area (Å²) < 4.78 is 33.4. The van der Waals surface area contributed by atoms with Crippen molar-refractivity contribution >= 4 is 53.2 Å². The monoisotopic (exact) mass is 419 g/mol. The lowest BCUT2D eigenvalue weighted by molar-refractivity contribution is -0.123. The average Bonchev–Trinajstić information content (AvgIpc) is 2.36. The van der Waals surface area contributed by atoms with Crippen LogP contribution in [0.25, 0.3) is 0 Å². The average molecular weight is 421 g/mol. The van der Waals surface area contributed by atoms with Crippen LogP contribution in [-0.4, -0.2) is 41.2 Å². The van der Waals surface area contributed by atoms with E-state index < -0.39 is 21.6 Å². The minimum absolute atomic E-state index is 0.0216. The van der Waals surface area contributed by atoms with Crippen molar-refractivity contribution in [1.82, 2.24) is 5.32 Å². The van der Waals surface area contributed by atoms with Crippen LogP contribution in [0.4, 0.5) is 0 Å².